The topological polar surface area (TPSA) is 77.8 Å². The molecule has 3 aromatic rings. The highest BCUT2D eigenvalue weighted by Gasteiger charge is 2.16. The molecule has 0 saturated heterocycles. The van der Waals surface area contributed by atoms with E-state index < -0.39 is 11.7 Å². The minimum atomic E-state index is -0.514. The number of ether oxygens (including phenoxy) is 2. The molecule has 3 rings (SSSR count). The van der Waals surface area contributed by atoms with Gasteiger partial charge >= 0.3 is 6.09 Å². The van der Waals surface area contributed by atoms with Gasteiger partial charge < -0.3 is 14.8 Å². The van der Waals surface area contributed by atoms with Crippen LogP contribution < -0.4 is 5.32 Å². The van der Waals surface area contributed by atoms with Gasteiger partial charge in [0.1, 0.15) is 11.9 Å². The zero-order valence-electron chi connectivity index (χ0n) is 16.9. The zero-order chi connectivity index (χ0) is 20.3. The maximum atomic E-state index is 11.9. The number of aromatic nitrogens is 3. The number of hydrogen-bond donors (Lipinski definition) is 1. The van der Waals surface area contributed by atoms with Gasteiger partial charge in [0.15, 0.2) is 0 Å². The van der Waals surface area contributed by atoms with Crippen molar-refractivity contribution in [1.82, 2.24) is 19.9 Å². The van der Waals surface area contributed by atoms with Gasteiger partial charge in [-0.1, -0.05) is 12.1 Å². The first kappa shape index (κ1) is 19.8. The largest absolute Gasteiger partial charge is 0.444 e. The van der Waals surface area contributed by atoms with Crippen molar-refractivity contribution in [2.45, 2.75) is 46.4 Å². The molecule has 0 bridgehead atoms. The minimum absolute atomic E-state index is 0.406. The summed E-state index contributed by atoms with van der Waals surface area (Å²) < 4.78 is 12.3. The van der Waals surface area contributed by atoms with E-state index in [1.54, 1.807) is 13.4 Å². The van der Waals surface area contributed by atoms with Crippen LogP contribution in [0.15, 0.2) is 36.8 Å². The first-order valence-electron chi connectivity index (χ1n) is 9.15. The molecular weight excluding hydrogens is 356 g/mol. The third-order valence-electron chi connectivity index (χ3n) is 4.21. The molecular formula is C21H26N4O3. The normalized spacial score (nSPS) is 11.6. The second-order valence-corrected chi connectivity index (χ2v) is 7.72. The summed E-state index contributed by atoms with van der Waals surface area (Å²) >= 11 is 0. The molecule has 1 N–H and O–H groups in total. The highest BCUT2D eigenvalue weighted by atomic mass is 16.6. The standard InChI is InChI=1S/C21H26N4O3/c1-14-8-16(6-7-17(14)10-22-20(26)28-21(2,3)4)19-18-9-15(12-27-5)11-25(18)24-13-23-19/h6-9,11,13H,10,12H2,1-5H3,(H,22,26). The van der Waals surface area contributed by atoms with Crippen molar-refractivity contribution >= 4 is 11.6 Å². The quantitative estimate of drug-likeness (QED) is 0.725. The van der Waals surface area contributed by atoms with Gasteiger partial charge in [-0.3, -0.25) is 0 Å². The Morgan fingerprint density at radius 2 is 2.04 bits per heavy atom. The number of alkyl carbamates (subject to hydrolysis) is 1. The highest BCUT2D eigenvalue weighted by Crippen LogP contribution is 2.25. The summed E-state index contributed by atoms with van der Waals surface area (Å²) in [6, 6.07) is 8.10. The molecule has 28 heavy (non-hydrogen) atoms. The van der Waals surface area contributed by atoms with Gasteiger partial charge in [0, 0.05) is 25.4 Å². The van der Waals surface area contributed by atoms with Crippen molar-refractivity contribution in [1.29, 1.82) is 0 Å². The number of benzene rings is 1. The average Bonchev–Trinajstić information content (AvgIpc) is 3.02. The molecule has 0 aliphatic carbocycles. The molecule has 7 nitrogen and oxygen atoms in total. The number of carbonyl (C=O) groups is 1. The Balaban J connectivity index is 1.81. The molecule has 0 spiro atoms. The van der Waals surface area contributed by atoms with Gasteiger partial charge in [-0.25, -0.2) is 14.3 Å². The lowest BCUT2D eigenvalue weighted by Crippen LogP contribution is -2.32. The fourth-order valence-corrected chi connectivity index (χ4v) is 2.97. The van der Waals surface area contributed by atoms with Crippen LogP contribution in [0.3, 0.4) is 0 Å². The maximum Gasteiger partial charge on any atom is 0.407 e. The summed E-state index contributed by atoms with van der Waals surface area (Å²) in [4.78, 5) is 16.3. The predicted octanol–water partition coefficient (Wildman–Crippen LogP) is 3.88. The van der Waals surface area contributed by atoms with E-state index in [-0.39, 0.29) is 0 Å². The van der Waals surface area contributed by atoms with Crippen LogP contribution in [0.2, 0.25) is 0 Å². The lowest BCUT2D eigenvalue weighted by atomic mass is 10.0. The predicted molar refractivity (Wildman–Crippen MR) is 107 cm³/mol. The van der Waals surface area contributed by atoms with Crippen LogP contribution in [0.1, 0.15) is 37.5 Å². The number of rotatable bonds is 5. The second kappa shape index (κ2) is 7.98. The van der Waals surface area contributed by atoms with E-state index in [0.29, 0.717) is 13.2 Å². The van der Waals surface area contributed by atoms with Gasteiger partial charge in [0.05, 0.1) is 17.8 Å². The fourth-order valence-electron chi connectivity index (χ4n) is 2.97. The Morgan fingerprint density at radius 3 is 2.71 bits per heavy atom. The lowest BCUT2D eigenvalue weighted by Gasteiger charge is -2.20. The number of nitrogens with one attached hydrogen (secondary N) is 1. The molecule has 0 fully saturated rings. The van der Waals surface area contributed by atoms with Crippen LogP contribution in [-0.4, -0.2) is 33.4 Å². The Kier molecular flexibility index (Phi) is 5.65. The van der Waals surface area contributed by atoms with Crippen molar-refractivity contribution < 1.29 is 14.3 Å². The molecule has 2 aromatic heterocycles. The van der Waals surface area contributed by atoms with Crippen LogP contribution in [0.5, 0.6) is 0 Å². The molecule has 0 radical (unpaired) electrons. The van der Waals surface area contributed by atoms with Crippen molar-refractivity contribution in [2.24, 2.45) is 0 Å². The molecule has 7 heteroatoms. The van der Waals surface area contributed by atoms with E-state index in [1.165, 1.54) is 0 Å². The molecule has 2 heterocycles. The molecule has 0 aliphatic rings. The summed E-state index contributed by atoms with van der Waals surface area (Å²) in [7, 11) is 1.67. The van der Waals surface area contributed by atoms with Gasteiger partial charge in [-0.15, -0.1) is 0 Å². The zero-order valence-corrected chi connectivity index (χ0v) is 16.9. The van der Waals surface area contributed by atoms with E-state index in [9.17, 15) is 4.79 Å². The lowest BCUT2D eigenvalue weighted by molar-refractivity contribution is 0.0523. The summed E-state index contributed by atoms with van der Waals surface area (Å²) in [6.45, 7) is 8.47. The van der Waals surface area contributed by atoms with E-state index >= 15 is 0 Å². The summed E-state index contributed by atoms with van der Waals surface area (Å²) in [5.74, 6) is 0. The SMILES string of the molecule is COCc1cc2c(-c3ccc(CNC(=O)OC(C)(C)C)c(C)c3)ncnn2c1. The molecule has 0 aliphatic heterocycles. The Hall–Kier alpha value is -2.93. The number of amides is 1. The smallest absolute Gasteiger partial charge is 0.407 e. The van der Waals surface area contributed by atoms with Gasteiger partial charge in [0.2, 0.25) is 0 Å². The number of hydrogen-bond acceptors (Lipinski definition) is 5. The molecule has 1 amide bonds. The molecule has 0 unspecified atom stereocenters. The van der Waals surface area contributed by atoms with Crippen molar-refractivity contribution in [3.8, 4) is 11.3 Å². The van der Waals surface area contributed by atoms with Crippen LogP contribution in [0.25, 0.3) is 16.8 Å². The first-order valence-corrected chi connectivity index (χ1v) is 9.15. The number of aryl methyl sites for hydroxylation is 1. The van der Waals surface area contributed by atoms with Crippen LogP contribution in [0.4, 0.5) is 4.79 Å². The van der Waals surface area contributed by atoms with Crippen molar-refractivity contribution in [2.75, 3.05) is 7.11 Å². The van der Waals surface area contributed by atoms with Crippen LogP contribution in [-0.2, 0) is 22.6 Å². The summed E-state index contributed by atoms with van der Waals surface area (Å²) in [6.07, 6.45) is 3.06. The summed E-state index contributed by atoms with van der Waals surface area (Å²) in [5, 5.41) is 7.07. The summed E-state index contributed by atoms with van der Waals surface area (Å²) in [5.41, 5.74) is 5.39. The fraction of sp³-hybridized carbons (Fsp3) is 0.381. The monoisotopic (exact) mass is 382 g/mol. The number of methoxy groups -OCH3 is 1. The number of fused-ring (bicyclic) bond motifs is 1. The maximum absolute atomic E-state index is 11.9. The second-order valence-electron chi connectivity index (χ2n) is 7.72. The first-order chi connectivity index (χ1) is 13.3. The van der Waals surface area contributed by atoms with Gasteiger partial charge in [0.25, 0.3) is 0 Å². The molecule has 1 aromatic carbocycles. The van der Waals surface area contributed by atoms with Crippen molar-refractivity contribution in [3.05, 3.63) is 53.5 Å². The number of nitrogens with zero attached hydrogens (tertiary/aromatic N) is 3. The Morgan fingerprint density at radius 1 is 1.25 bits per heavy atom. The van der Waals surface area contributed by atoms with E-state index in [4.69, 9.17) is 9.47 Å². The van der Waals surface area contributed by atoms with E-state index in [1.807, 2.05) is 56.6 Å². The third-order valence-corrected chi connectivity index (χ3v) is 4.21. The third kappa shape index (κ3) is 4.67. The Bertz CT molecular complexity index is 989. The van der Waals surface area contributed by atoms with Crippen molar-refractivity contribution in [3.63, 3.8) is 0 Å². The number of carbonyl (C=O) groups excluding carboxylic acids is 1. The average molecular weight is 382 g/mol. The Labute approximate surface area is 164 Å². The molecule has 0 atom stereocenters. The van der Waals surface area contributed by atoms with Gasteiger partial charge in [-0.05, 0) is 56.5 Å². The van der Waals surface area contributed by atoms with Crippen LogP contribution in [0, 0.1) is 6.92 Å². The van der Waals surface area contributed by atoms with E-state index in [0.717, 1.165) is 33.5 Å². The molecule has 148 valence electrons. The van der Waals surface area contributed by atoms with Gasteiger partial charge in [-0.2, -0.15) is 5.10 Å². The minimum Gasteiger partial charge on any atom is -0.444 e. The highest BCUT2D eigenvalue weighted by molar-refractivity contribution is 5.77. The molecule has 0 saturated carbocycles. The van der Waals surface area contributed by atoms with Crippen LogP contribution >= 0.6 is 0 Å². The van der Waals surface area contributed by atoms with E-state index in [2.05, 4.69) is 21.5 Å².